The van der Waals surface area contributed by atoms with E-state index < -0.39 is 5.97 Å². The Morgan fingerprint density at radius 3 is 2.57 bits per heavy atom. The van der Waals surface area contributed by atoms with Gasteiger partial charge in [-0.05, 0) is 18.6 Å². The molecule has 0 aliphatic heterocycles. The van der Waals surface area contributed by atoms with Crippen molar-refractivity contribution in [2.24, 2.45) is 0 Å². The van der Waals surface area contributed by atoms with Crippen LogP contribution >= 0.6 is 0 Å². The molecular formula is C16H25N2O3+. The zero-order valence-electron chi connectivity index (χ0n) is 13.1. The highest BCUT2D eigenvalue weighted by Crippen LogP contribution is 2.23. The van der Waals surface area contributed by atoms with Crippen LogP contribution in [0.4, 0.5) is 4.79 Å². The summed E-state index contributed by atoms with van der Waals surface area (Å²) in [7, 11) is 3.38. The molecule has 1 unspecified atom stereocenters. The van der Waals surface area contributed by atoms with Gasteiger partial charge in [-0.1, -0.05) is 32.3 Å². The van der Waals surface area contributed by atoms with Crippen molar-refractivity contribution in [3.63, 3.8) is 0 Å². The molecule has 5 heteroatoms. The van der Waals surface area contributed by atoms with Gasteiger partial charge in [-0.15, -0.1) is 0 Å². The van der Waals surface area contributed by atoms with Crippen LogP contribution < -0.4 is 4.57 Å². The van der Waals surface area contributed by atoms with Crippen molar-refractivity contribution in [2.75, 3.05) is 14.1 Å². The molecule has 0 aromatic carbocycles. The molecule has 0 aliphatic rings. The Labute approximate surface area is 126 Å². The Morgan fingerprint density at radius 2 is 2.00 bits per heavy atom. The second-order valence-corrected chi connectivity index (χ2v) is 5.46. The van der Waals surface area contributed by atoms with Gasteiger partial charge < -0.3 is 5.11 Å². The van der Waals surface area contributed by atoms with Crippen molar-refractivity contribution >= 4 is 12.0 Å². The molecule has 1 atom stereocenters. The molecule has 0 spiro atoms. The fraction of sp³-hybridized carbons (Fsp3) is 0.562. The van der Waals surface area contributed by atoms with Gasteiger partial charge in [0.05, 0.1) is 26.7 Å². The summed E-state index contributed by atoms with van der Waals surface area (Å²) in [6.45, 7) is 2.12. The van der Waals surface area contributed by atoms with Gasteiger partial charge in [0.1, 0.15) is 5.69 Å². The number of unbranched alkanes of at least 4 members (excludes halogenated alkanes) is 2. The minimum absolute atomic E-state index is 0.0500. The van der Waals surface area contributed by atoms with Crippen LogP contribution in [-0.2, 0) is 4.79 Å². The summed E-state index contributed by atoms with van der Waals surface area (Å²) in [5, 5.41) is 9.14. The third-order valence-electron chi connectivity index (χ3n) is 3.48. The van der Waals surface area contributed by atoms with Crippen LogP contribution in [-0.4, -0.2) is 36.1 Å². The number of carbonyl (C=O) groups is 2. The molecule has 1 rings (SSSR count). The van der Waals surface area contributed by atoms with E-state index in [-0.39, 0.29) is 18.4 Å². The Balaban J connectivity index is 3.05. The fourth-order valence-electron chi connectivity index (χ4n) is 2.38. The van der Waals surface area contributed by atoms with Crippen molar-refractivity contribution in [3.8, 4) is 0 Å². The lowest BCUT2D eigenvalue weighted by atomic mass is 9.93. The normalized spacial score (nSPS) is 12.0. The average Bonchev–Trinajstić information content (AvgIpc) is 2.45. The van der Waals surface area contributed by atoms with Gasteiger partial charge in [-0.2, -0.15) is 9.36 Å². The van der Waals surface area contributed by atoms with Crippen LogP contribution in [0.5, 0.6) is 0 Å². The number of rotatable bonds is 7. The summed E-state index contributed by atoms with van der Waals surface area (Å²) in [4.78, 5) is 24.8. The van der Waals surface area contributed by atoms with Crippen molar-refractivity contribution in [2.45, 2.75) is 44.9 Å². The number of aromatic nitrogens is 1. The molecule has 21 heavy (non-hydrogen) atoms. The Bertz CT molecular complexity index is 486. The molecule has 0 aliphatic carbocycles. The summed E-state index contributed by atoms with van der Waals surface area (Å²) in [5.41, 5.74) is 0.773. The lowest BCUT2D eigenvalue weighted by molar-refractivity contribution is -0.588. The van der Waals surface area contributed by atoms with E-state index in [1.807, 2.05) is 12.1 Å². The minimum Gasteiger partial charge on any atom is -0.481 e. The smallest absolute Gasteiger partial charge is 0.481 e. The van der Waals surface area contributed by atoms with Crippen LogP contribution in [0.25, 0.3) is 0 Å². The fourth-order valence-corrected chi connectivity index (χ4v) is 2.38. The summed E-state index contributed by atoms with van der Waals surface area (Å²) < 4.78 is 1.56. The van der Waals surface area contributed by atoms with Gasteiger partial charge in [-0.25, -0.2) is 4.90 Å². The first kappa shape index (κ1) is 17.1. The third kappa shape index (κ3) is 5.17. The largest absolute Gasteiger partial charge is 0.497 e. The Kier molecular flexibility index (Phi) is 6.85. The van der Waals surface area contributed by atoms with Crippen LogP contribution in [0, 0.1) is 0 Å². The highest BCUT2D eigenvalue weighted by Gasteiger charge is 2.26. The lowest BCUT2D eigenvalue weighted by Gasteiger charge is -2.16. The molecule has 1 aromatic heterocycles. The second kappa shape index (κ2) is 8.39. The van der Waals surface area contributed by atoms with E-state index in [9.17, 15) is 9.59 Å². The molecule has 0 saturated heterocycles. The maximum Gasteiger partial charge on any atom is 0.497 e. The Morgan fingerprint density at radius 1 is 1.29 bits per heavy atom. The number of nitrogens with zero attached hydrogens (tertiary/aromatic N) is 2. The van der Waals surface area contributed by atoms with Crippen LogP contribution in [0.1, 0.15) is 50.6 Å². The van der Waals surface area contributed by atoms with E-state index in [1.165, 1.54) is 4.90 Å². The number of hydrogen-bond acceptors (Lipinski definition) is 2. The maximum atomic E-state index is 12.2. The maximum absolute atomic E-state index is 12.2. The van der Waals surface area contributed by atoms with Gasteiger partial charge in [0.15, 0.2) is 0 Å². The van der Waals surface area contributed by atoms with Crippen LogP contribution in [0.15, 0.2) is 24.4 Å². The first-order valence-electron chi connectivity index (χ1n) is 7.41. The number of hydrogen-bond donors (Lipinski definition) is 1. The molecule has 1 heterocycles. The molecule has 0 bridgehead atoms. The van der Waals surface area contributed by atoms with Gasteiger partial charge >= 0.3 is 12.0 Å². The molecule has 0 saturated carbocycles. The molecular weight excluding hydrogens is 268 g/mol. The Hall–Kier alpha value is -1.91. The molecule has 5 nitrogen and oxygen atoms in total. The lowest BCUT2D eigenvalue weighted by Crippen LogP contribution is -2.52. The summed E-state index contributed by atoms with van der Waals surface area (Å²) in [5.74, 6) is -0.969. The van der Waals surface area contributed by atoms with Crippen molar-refractivity contribution in [1.82, 2.24) is 4.90 Å². The van der Waals surface area contributed by atoms with E-state index >= 15 is 0 Å². The minimum atomic E-state index is -0.829. The highest BCUT2D eigenvalue weighted by molar-refractivity contribution is 5.68. The second-order valence-electron chi connectivity index (χ2n) is 5.46. The number of carbonyl (C=O) groups excluding carboxylic acids is 1. The molecule has 0 radical (unpaired) electrons. The monoisotopic (exact) mass is 293 g/mol. The summed E-state index contributed by atoms with van der Waals surface area (Å²) in [6.07, 6.45) is 5.67. The molecule has 116 valence electrons. The first-order chi connectivity index (χ1) is 9.97. The summed E-state index contributed by atoms with van der Waals surface area (Å²) >= 11 is 0. The first-order valence-corrected chi connectivity index (χ1v) is 7.41. The van der Waals surface area contributed by atoms with E-state index in [0.717, 1.165) is 31.4 Å². The predicted octanol–water partition coefficient (Wildman–Crippen LogP) is 2.64. The van der Waals surface area contributed by atoms with E-state index in [0.29, 0.717) is 0 Å². The van der Waals surface area contributed by atoms with Gasteiger partial charge in [-0.3, -0.25) is 4.79 Å². The molecule has 1 amide bonds. The number of aliphatic carboxylic acids is 1. The SMILES string of the molecule is CCCCCC(CC(=O)O)c1cccc[n+]1C(=O)N(C)C. The topological polar surface area (TPSA) is 61.5 Å². The number of amides is 1. The molecule has 1 aromatic rings. The van der Waals surface area contributed by atoms with E-state index in [2.05, 4.69) is 6.92 Å². The van der Waals surface area contributed by atoms with Crippen molar-refractivity contribution < 1.29 is 19.3 Å². The van der Waals surface area contributed by atoms with E-state index in [1.54, 1.807) is 30.9 Å². The zero-order chi connectivity index (χ0) is 15.8. The average molecular weight is 293 g/mol. The quantitative estimate of drug-likeness (QED) is 0.621. The van der Waals surface area contributed by atoms with Crippen LogP contribution in [0.2, 0.25) is 0 Å². The number of pyridine rings is 1. The van der Waals surface area contributed by atoms with Gasteiger partial charge in [0, 0.05) is 5.92 Å². The predicted molar refractivity (Wildman–Crippen MR) is 80.3 cm³/mol. The van der Waals surface area contributed by atoms with Gasteiger partial charge in [0.25, 0.3) is 0 Å². The van der Waals surface area contributed by atoms with Crippen LogP contribution in [0.3, 0.4) is 0 Å². The standard InChI is InChI=1S/C16H24N2O3/c1-4-5-6-9-13(12-15(19)20)14-10-7-8-11-18(14)16(21)17(2)3/h7-8,10-11,13H,4-6,9,12H2,1-3H3/p+1. The molecule has 1 N–H and O–H groups in total. The molecule has 0 fully saturated rings. The zero-order valence-corrected chi connectivity index (χ0v) is 13.1. The third-order valence-corrected chi connectivity index (χ3v) is 3.48. The summed E-state index contributed by atoms with van der Waals surface area (Å²) in [6, 6.07) is 5.33. The van der Waals surface area contributed by atoms with Crippen molar-refractivity contribution in [1.29, 1.82) is 0 Å². The number of carboxylic acid groups (broad SMARTS) is 1. The van der Waals surface area contributed by atoms with Crippen molar-refractivity contribution in [3.05, 3.63) is 30.1 Å². The number of carboxylic acids is 1. The van der Waals surface area contributed by atoms with Gasteiger partial charge in [0.2, 0.25) is 0 Å². The highest BCUT2D eigenvalue weighted by atomic mass is 16.4. The van der Waals surface area contributed by atoms with E-state index in [4.69, 9.17) is 5.11 Å².